The lowest BCUT2D eigenvalue weighted by Crippen LogP contribution is -1.92. The molecule has 0 saturated heterocycles. The molecule has 0 bridgehead atoms. The lowest BCUT2D eigenvalue weighted by molar-refractivity contribution is -0.118. The standard InChI is InChI=1S/C8H14O/c1-3-5-7-8(9)6-4-2/h3,5H,4,6-7H2,1-2H3/b5-3+. The van der Waals surface area contributed by atoms with E-state index in [-0.39, 0.29) is 0 Å². The number of rotatable bonds is 4. The predicted molar refractivity (Wildman–Crippen MR) is 39.3 cm³/mol. The molecule has 0 N–H and O–H groups in total. The predicted octanol–water partition coefficient (Wildman–Crippen LogP) is 2.32. The molecule has 0 heterocycles. The van der Waals surface area contributed by atoms with Gasteiger partial charge in [0.05, 0.1) is 0 Å². The van der Waals surface area contributed by atoms with Crippen LogP contribution in [0.2, 0.25) is 0 Å². The van der Waals surface area contributed by atoms with E-state index in [1.54, 1.807) is 0 Å². The summed E-state index contributed by atoms with van der Waals surface area (Å²) >= 11 is 0. The molecule has 0 amide bonds. The third-order valence-corrected chi connectivity index (χ3v) is 1.11. The fourth-order valence-electron chi connectivity index (χ4n) is 0.630. The molecule has 0 saturated carbocycles. The van der Waals surface area contributed by atoms with E-state index in [2.05, 4.69) is 0 Å². The van der Waals surface area contributed by atoms with Crippen molar-refractivity contribution in [2.45, 2.75) is 33.1 Å². The van der Waals surface area contributed by atoms with Gasteiger partial charge in [-0.25, -0.2) is 0 Å². The quantitative estimate of drug-likeness (QED) is 0.528. The normalized spacial score (nSPS) is 10.4. The van der Waals surface area contributed by atoms with Crippen molar-refractivity contribution >= 4 is 5.78 Å². The Morgan fingerprint density at radius 1 is 1.56 bits per heavy atom. The van der Waals surface area contributed by atoms with Crippen LogP contribution in [-0.2, 0) is 4.79 Å². The fraction of sp³-hybridized carbons (Fsp3) is 0.625. The number of Topliss-reactive ketones (excluding diaryl/α,β-unsaturated/α-hetero) is 1. The number of ketones is 1. The Hall–Kier alpha value is -0.590. The Morgan fingerprint density at radius 2 is 2.22 bits per heavy atom. The Bertz CT molecular complexity index is 103. The molecular weight excluding hydrogens is 112 g/mol. The number of allylic oxidation sites excluding steroid dienone is 2. The average Bonchev–Trinajstić information content (AvgIpc) is 1.85. The second-order valence-corrected chi connectivity index (χ2v) is 2.06. The molecule has 0 aromatic carbocycles. The summed E-state index contributed by atoms with van der Waals surface area (Å²) in [5, 5.41) is 0. The first-order valence-electron chi connectivity index (χ1n) is 3.44. The molecule has 52 valence electrons. The third kappa shape index (κ3) is 5.28. The molecular formula is C8H14O. The van der Waals surface area contributed by atoms with Crippen molar-refractivity contribution in [3.8, 4) is 0 Å². The Labute approximate surface area is 56.8 Å². The van der Waals surface area contributed by atoms with Crippen molar-refractivity contribution in [2.24, 2.45) is 0 Å². The van der Waals surface area contributed by atoms with Crippen LogP contribution >= 0.6 is 0 Å². The van der Waals surface area contributed by atoms with Crippen LogP contribution < -0.4 is 0 Å². The van der Waals surface area contributed by atoms with Gasteiger partial charge in [-0.2, -0.15) is 0 Å². The van der Waals surface area contributed by atoms with Crippen LogP contribution in [-0.4, -0.2) is 5.78 Å². The van der Waals surface area contributed by atoms with Crippen molar-refractivity contribution in [1.82, 2.24) is 0 Å². The van der Waals surface area contributed by atoms with Gasteiger partial charge in [-0.05, 0) is 13.3 Å². The van der Waals surface area contributed by atoms with Gasteiger partial charge in [-0.1, -0.05) is 19.1 Å². The zero-order valence-corrected chi connectivity index (χ0v) is 6.18. The Balaban J connectivity index is 3.27. The largest absolute Gasteiger partial charge is 0.299 e. The van der Waals surface area contributed by atoms with Gasteiger partial charge < -0.3 is 0 Å². The second-order valence-electron chi connectivity index (χ2n) is 2.06. The maximum absolute atomic E-state index is 10.8. The van der Waals surface area contributed by atoms with E-state index in [1.165, 1.54) is 0 Å². The highest BCUT2D eigenvalue weighted by molar-refractivity contribution is 5.79. The summed E-state index contributed by atoms with van der Waals surface area (Å²) in [7, 11) is 0. The van der Waals surface area contributed by atoms with E-state index in [1.807, 2.05) is 26.0 Å². The Kier molecular flexibility index (Phi) is 5.18. The van der Waals surface area contributed by atoms with E-state index in [9.17, 15) is 4.79 Å². The van der Waals surface area contributed by atoms with Gasteiger partial charge in [0, 0.05) is 12.8 Å². The molecule has 0 unspecified atom stereocenters. The van der Waals surface area contributed by atoms with Crippen LogP contribution in [0.15, 0.2) is 12.2 Å². The first-order chi connectivity index (χ1) is 4.31. The summed E-state index contributed by atoms with van der Waals surface area (Å²) in [6.07, 6.45) is 6.12. The van der Waals surface area contributed by atoms with Crippen molar-refractivity contribution in [1.29, 1.82) is 0 Å². The topological polar surface area (TPSA) is 17.1 Å². The van der Waals surface area contributed by atoms with Crippen molar-refractivity contribution in [3.63, 3.8) is 0 Å². The first kappa shape index (κ1) is 8.41. The average molecular weight is 126 g/mol. The van der Waals surface area contributed by atoms with Crippen LogP contribution in [0.3, 0.4) is 0 Å². The zero-order valence-electron chi connectivity index (χ0n) is 6.18. The van der Waals surface area contributed by atoms with Crippen LogP contribution in [0.5, 0.6) is 0 Å². The second kappa shape index (κ2) is 5.54. The molecule has 0 radical (unpaired) electrons. The molecule has 0 fully saturated rings. The smallest absolute Gasteiger partial charge is 0.136 e. The lowest BCUT2D eigenvalue weighted by Gasteiger charge is -1.89. The number of carbonyl (C=O) groups excluding carboxylic acids is 1. The van der Waals surface area contributed by atoms with Crippen LogP contribution in [0, 0.1) is 0 Å². The molecule has 1 nitrogen and oxygen atoms in total. The Morgan fingerprint density at radius 3 is 2.67 bits per heavy atom. The van der Waals surface area contributed by atoms with E-state index in [0.29, 0.717) is 12.2 Å². The van der Waals surface area contributed by atoms with Gasteiger partial charge >= 0.3 is 0 Å². The van der Waals surface area contributed by atoms with Gasteiger partial charge in [-0.3, -0.25) is 4.79 Å². The van der Waals surface area contributed by atoms with Gasteiger partial charge in [-0.15, -0.1) is 0 Å². The number of hydrogen-bond donors (Lipinski definition) is 0. The summed E-state index contributed by atoms with van der Waals surface area (Å²) in [5.74, 6) is 0.343. The van der Waals surface area contributed by atoms with Crippen molar-refractivity contribution < 1.29 is 4.79 Å². The summed E-state index contributed by atoms with van der Waals surface area (Å²) in [6, 6.07) is 0. The van der Waals surface area contributed by atoms with Gasteiger partial charge in [0.15, 0.2) is 0 Å². The molecule has 0 aromatic heterocycles. The molecule has 0 spiro atoms. The van der Waals surface area contributed by atoms with Crippen LogP contribution in [0.4, 0.5) is 0 Å². The van der Waals surface area contributed by atoms with Gasteiger partial charge in [0.25, 0.3) is 0 Å². The van der Waals surface area contributed by atoms with E-state index in [4.69, 9.17) is 0 Å². The number of hydrogen-bond acceptors (Lipinski definition) is 1. The molecule has 0 aromatic rings. The maximum Gasteiger partial charge on any atom is 0.136 e. The van der Waals surface area contributed by atoms with E-state index in [0.717, 1.165) is 12.8 Å². The first-order valence-corrected chi connectivity index (χ1v) is 3.44. The third-order valence-electron chi connectivity index (χ3n) is 1.11. The molecule has 0 aliphatic carbocycles. The molecule has 0 aliphatic heterocycles. The highest BCUT2D eigenvalue weighted by atomic mass is 16.1. The highest BCUT2D eigenvalue weighted by Crippen LogP contribution is 1.94. The molecule has 0 atom stereocenters. The van der Waals surface area contributed by atoms with Crippen molar-refractivity contribution in [3.05, 3.63) is 12.2 Å². The molecule has 0 rings (SSSR count). The summed E-state index contributed by atoms with van der Waals surface area (Å²) in [5.41, 5.74) is 0. The summed E-state index contributed by atoms with van der Waals surface area (Å²) in [6.45, 7) is 3.95. The fourth-order valence-corrected chi connectivity index (χ4v) is 0.630. The minimum absolute atomic E-state index is 0.343. The zero-order chi connectivity index (χ0) is 7.11. The minimum Gasteiger partial charge on any atom is -0.299 e. The molecule has 0 aliphatic rings. The van der Waals surface area contributed by atoms with Crippen LogP contribution in [0.25, 0.3) is 0 Å². The summed E-state index contributed by atoms with van der Waals surface area (Å²) < 4.78 is 0. The minimum atomic E-state index is 0.343. The van der Waals surface area contributed by atoms with Crippen LogP contribution in [0.1, 0.15) is 33.1 Å². The van der Waals surface area contributed by atoms with Gasteiger partial charge in [0.1, 0.15) is 5.78 Å². The SMILES string of the molecule is C/C=C/CC(=O)CCC. The molecule has 1 heteroatoms. The summed E-state index contributed by atoms with van der Waals surface area (Å²) in [4.78, 5) is 10.8. The van der Waals surface area contributed by atoms with Crippen molar-refractivity contribution in [2.75, 3.05) is 0 Å². The maximum atomic E-state index is 10.8. The monoisotopic (exact) mass is 126 g/mol. The van der Waals surface area contributed by atoms with E-state index >= 15 is 0 Å². The van der Waals surface area contributed by atoms with E-state index < -0.39 is 0 Å². The highest BCUT2D eigenvalue weighted by Gasteiger charge is 1.93. The lowest BCUT2D eigenvalue weighted by atomic mass is 10.2. The molecule has 9 heavy (non-hydrogen) atoms. The van der Waals surface area contributed by atoms with Gasteiger partial charge in [0.2, 0.25) is 0 Å². The number of carbonyl (C=O) groups is 1.